The molecule has 0 saturated heterocycles. The van der Waals surface area contributed by atoms with Crippen LogP contribution in [0.4, 0.5) is 0 Å². The summed E-state index contributed by atoms with van der Waals surface area (Å²) in [6.07, 6.45) is 7.52. The zero-order valence-electron chi connectivity index (χ0n) is 14.2. The van der Waals surface area contributed by atoms with Crippen LogP contribution >= 0.6 is 0 Å². The molecule has 0 radical (unpaired) electrons. The summed E-state index contributed by atoms with van der Waals surface area (Å²) in [7, 11) is 0. The lowest BCUT2D eigenvalue weighted by atomic mass is 10.1. The fourth-order valence-corrected chi connectivity index (χ4v) is 3.03. The second-order valence-corrected chi connectivity index (χ2v) is 6.48. The fraction of sp³-hybridized carbons (Fsp3) is 0.632. The summed E-state index contributed by atoms with van der Waals surface area (Å²) in [4.78, 5) is 12.5. The van der Waals surface area contributed by atoms with Gasteiger partial charge in [0.1, 0.15) is 5.75 Å². The van der Waals surface area contributed by atoms with E-state index in [0.717, 1.165) is 29.7 Å². The normalized spacial score (nSPS) is 17.6. The Kier molecular flexibility index (Phi) is 6.29. The third-order valence-electron chi connectivity index (χ3n) is 4.48. The summed E-state index contributed by atoms with van der Waals surface area (Å²) in [5.41, 5.74) is 2.23. The lowest BCUT2D eigenvalue weighted by Gasteiger charge is -2.22. The quantitative estimate of drug-likeness (QED) is 0.824. The van der Waals surface area contributed by atoms with Crippen LogP contribution in [0.25, 0.3) is 0 Å². The molecule has 1 atom stereocenters. The maximum absolute atomic E-state index is 12.5. The fourth-order valence-electron chi connectivity index (χ4n) is 3.03. The molecule has 1 aliphatic carbocycles. The van der Waals surface area contributed by atoms with Gasteiger partial charge < -0.3 is 10.1 Å². The number of carbonyl (C=O) groups is 1. The first-order chi connectivity index (χ1) is 10.6. The summed E-state index contributed by atoms with van der Waals surface area (Å²) in [5.74, 6) is 0.859. The van der Waals surface area contributed by atoms with Crippen molar-refractivity contribution in [2.24, 2.45) is 0 Å². The van der Waals surface area contributed by atoms with E-state index in [1.165, 1.54) is 25.7 Å². The summed E-state index contributed by atoms with van der Waals surface area (Å²) < 4.78 is 6.00. The Balaban J connectivity index is 1.97. The number of rotatable bonds is 5. The van der Waals surface area contributed by atoms with Crippen LogP contribution in [0.3, 0.4) is 0 Å². The number of hydrogen-bond acceptors (Lipinski definition) is 2. The number of ether oxygens (including phenoxy) is 1. The summed E-state index contributed by atoms with van der Waals surface area (Å²) in [6, 6.07) is 6.44. The number of hydrogen-bond donors (Lipinski definition) is 1. The molecule has 1 aromatic rings. The molecule has 2 rings (SSSR count). The summed E-state index contributed by atoms with van der Waals surface area (Å²) in [6.45, 7) is 6.06. The molecule has 122 valence electrons. The average Bonchev–Trinajstić information content (AvgIpc) is 2.76. The highest BCUT2D eigenvalue weighted by Crippen LogP contribution is 2.22. The van der Waals surface area contributed by atoms with Gasteiger partial charge in [0.25, 0.3) is 5.91 Å². The molecule has 0 spiro atoms. The Morgan fingerprint density at radius 3 is 2.55 bits per heavy atom. The molecular formula is C19H29NO2. The van der Waals surface area contributed by atoms with E-state index in [0.29, 0.717) is 12.5 Å². The Hall–Kier alpha value is -1.51. The van der Waals surface area contributed by atoms with Crippen LogP contribution in [0, 0.1) is 13.8 Å². The predicted octanol–water partition coefficient (Wildman–Crippen LogP) is 4.30. The molecule has 0 unspecified atom stereocenters. The van der Waals surface area contributed by atoms with Crippen molar-refractivity contribution in [2.45, 2.75) is 77.9 Å². The molecular weight excluding hydrogens is 274 g/mol. The maximum Gasteiger partial charge on any atom is 0.261 e. The first-order valence-electron chi connectivity index (χ1n) is 8.64. The molecule has 1 aromatic carbocycles. The molecule has 0 heterocycles. The zero-order valence-corrected chi connectivity index (χ0v) is 14.2. The van der Waals surface area contributed by atoms with Crippen molar-refractivity contribution in [3.05, 3.63) is 29.3 Å². The molecule has 3 nitrogen and oxygen atoms in total. The van der Waals surface area contributed by atoms with Crippen LogP contribution in [0.15, 0.2) is 18.2 Å². The van der Waals surface area contributed by atoms with Crippen LogP contribution in [0.2, 0.25) is 0 Å². The topological polar surface area (TPSA) is 38.3 Å². The smallest absolute Gasteiger partial charge is 0.261 e. The van der Waals surface area contributed by atoms with Crippen molar-refractivity contribution < 1.29 is 9.53 Å². The van der Waals surface area contributed by atoms with Crippen molar-refractivity contribution in [1.29, 1.82) is 0 Å². The molecule has 3 heteroatoms. The minimum absolute atomic E-state index is 0.0373. The molecule has 22 heavy (non-hydrogen) atoms. The Morgan fingerprint density at radius 1 is 1.23 bits per heavy atom. The average molecular weight is 303 g/mol. The van der Waals surface area contributed by atoms with Crippen LogP contribution in [0.5, 0.6) is 5.75 Å². The van der Waals surface area contributed by atoms with E-state index in [1.807, 2.05) is 32.9 Å². The molecule has 1 aliphatic rings. The van der Waals surface area contributed by atoms with Gasteiger partial charge in [-0.3, -0.25) is 4.79 Å². The standard InChI is InChI=1S/C19H29NO2/c1-4-17(22-18-13-14(2)11-12-15(18)3)19(21)20-16-9-7-5-6-8-10-16/h11-13,16-17H,4-10H2,1-3H3,(H,20,21)/t17-/m1/s1. The van der Waals surface area contributed by atoms with Gasteiger partial charge in [-0.1, -0.05) is 44.7 Å². The number of nitrogens with one attached hydrogen (secondary N) is 1. The molecule has 0 aromatic heterocycles. The number of benzene rings is 1. The van der Waals surface area contributed by atoms with Gasteiger partial charge in [0.2, 0.25) is 0 Å². The van der Waals surface area contributed by atoms with E-state index >= 15 is 0 Å². The van der Waals surface area contributed by atoms with E-state index in [-0.39, 0.29) is 5.91 Å². The predicted molar refractivity (Wildman–Crippen MR) is 90.3 cm³/mol. The Bertz CT molecular complexity index is 490. The van der Waals surface area contributed by atoms with Crippen LogP contribution < -0.4 is 10.1 Å². The first kappa shape index (κ1) is 16.9. The molecule has 1 fully saturated rings. The Labute approximate surface area is 134 Å². The van der Waals surface area contributed by atoms with Crippen LogP contribution in [-0.2, 0) is 4.79 Å². The highest BCUT2D eigenvalue weighted by atomic mass is 16.5. The lowest BCUT2D eigenvalue weighted by molar-refractivity contribution is -0.129. The second kappa shape index (κ2) is 8.21. The van der Waals surface area contributed by atoms with Gasteiger partial charge in [0, 0.05) is 6.04 Å². The maximum atomic E-state index is 12.5. The third kappa shape index (κ3) is 4.75. The zero-order chi connectivity index (χ0) is 15.9. The summed E-state index contributed by atoms with van der Waals surface area (Å²) in [5, 5.41) is 3.20. The van der Waals surface area contributed by atoms with Gasteiger partial charge in [-0.25, -0.2) is 0 Å². The van der Waals surface area contributed by atoms with E-state index < -0.39 is 6.10 Å². The van der Waals surface area contributed by atoms with Crippen molar-refractivity contribution in [3.8, 4) is 5.75 Å². The van der Waals surface area contributed by atoms with E-state index in [4.69, 9.17) is 4.74 Å². The van der Waals surface area contributed by atoms with E-state index in [1.54, 1.807) is 0 Å². The van der Waals surface area contributed by atoms with Gasteiger partial charge >= 0.3 is 0 Å². The van der Waals surface area contributed by atoms with E-state index in [9.17, 15) is 4.79 Å². The highest BCUT2D eigenvalue weighted by molar-refractivity contribution is 5.81. The number of carbonyl (C=O) groups excluding carboxylic acids is 1. The van der Waals surface area contributed by atoms with Crippen molar-refractivity contribution in [3.63, 3.8) is 0 Å². The Morgan fingerprint density at radius 2 is 1.91 bits per heavy atom. The monoisotopic (exact) mass is 303 g/mol. The molecule has 1 saturated carbocycles. The second-order valence-electron chi connectivity index (χ2n) is 6.48. The molecule has 0 aliphatic heterocycles. The van der Waals surface area contributed by atoms with Gasteiger partial charge in [-0.15, -0.1) is 0 Å². The number of amides is 1. The first-order valence-corrected chi connectivity index (χ1v) is 8.64. The van der Waals surface area contributed by atoms with Crippen molar-refractivity contribution in [1.82, 2.24) is 5.32 Å². The molecule has 1 amide bonds. The largest absolute Gasteiger partial charge is 0.480 e. The third-order valence-corrected chi connectivity index (χ3v) is 4.48. The number of aryl methyl sites for hydroxylation is 2. The van der Waals surface area contributed by atoms with Gasteiger partial charge in [0.15, 0.2) is 6.10 Å². The lowest BCUT2D eigenvalue weighted by Crippen LogP contribution is -2.43. The SMILES string of the molecule is CC[C@@H](Oc1cc(C)ccc1C)C(=O)NC1CCCCCC1. The van der Waals surface area contributed by atoms with Gasteiger partial charge in [-0.2, -0.15) is 0 Å². The minimum Gasteiger partial charge on any atom is -0.480 e. The van der Waals surface area contributed by atoms with Crippen LogP contribution in [-0.4, -0.2) is 18.1 Å². The van der Waals surface area contributed by atoms with Gasteiger partial charge in [-0.05, 0) is 50.3 Å². The minimum atomic E-state index is -0.399. The van der Waals surface area contributed by atoms with E-state index in [2.05, 4.69) is 11.4 Å². The summed E-state index contributed by atoms with van der Waals surface area (Å²) >= 11 is 0. The molecule has 1 N–H and O–H groups in total. The highest BCUT2D eigenvalue weighted by Gasteiger charge is 2.22. The van der Waals surface area contributed by atoms with Crippen LogP contribution in [0.1, 0.15) is 63.0 Å². The van der Waals surface area contributed by atoms with Crippen molar-refractivity contribution in [2.75, 3.05) is 0 Å². The molecule has 0 bridgehead atoms. The van der Waals surface area contributed by atoms with Gasteiger partial charge in [0.05, 0.1) is 0 Å². The van der Waals surface area contributed by atoms with Crippen molar-refractivity contribution >= 4 is 5.91 Å².